The predicted octanol–water partition coefficient (Wildman–Crippen LogP) is 4.99. The van der Waals surface area contributed by atoms with Gasteiger partial charge in [0.05, 0.1) is 6.61 Å². The van der Waals surface area contributed by atoms with Crippen molar-refractivity contribution in [2.75, 3.05) is 11.9 Å². The summed E-state index contributed by atoms with van der Waals surface area (Å²) in [5.74, 6) is -0.314. The third kappa shape index (κ3) is 12.6. The van der Waals surface area contributed by atoms with Gasteiger partial charge in [0.2, 0.25) is 0 Å². The average molecular weight is 384 g/mol. The third-order valence-corrected chi connectivity index (χ3v) is 5.17. The lowest BCUT2D eigenvalue weighted by Crippen LogP contribution is -2.01. The number of ether oxygens (including phenoxy) is 1. The Morgan fingerprint density at radius 1 is 1.11 bits per heavy atom. The molecular weight excluding hydrogens is 360 g/mol. The van der Waals surface area contributed by atoms with Crippen molar-refractivity contribution in [2.45, 2.75) is 56.2 Å². The van der Waals surface area contributed by atoms with Crippen LogP contribution in [0.4, 0.5) is 0 Å². The van der Waals surface area contributed by atoms with E-state index in [1.54, 1.807) is 0 Å². The van der Waals surface area contributed by atoms with E-state index in [9.17, 15) is 4.79 Å². The molecule has 0 aliphatic rings. The number of alkyl halides is 2. The Bertz CT molecular complexity index is 220. The quantitative estimate of drug-likeness (QED) is 0.205. The zero-order valence-electron chi connectivity index (χ0n) is 11.0. The van der Waals surface area contributed by atoms with E-state index in [-0.39, 0.29) is 5.97 Å². The predicted molar refractivity (Wildman–Crippen MR) is 84.6 cm³/mol. The Hall–Kier alpha value is 0.170. The molecule has 2 nitrogen and oxygen atoms in total. The molecule has 1 atom stereocenters. The maximum atomic E-state index is 10.8. The van der Waals surface area contributed by atoms with Crippen molar-refractivity contribution < 1.29 is 9.53 Å². The van der Waals surface area contributed by atoms with Crippen LogP contribution in [-0.4, -0.2) is 22.7 Å². The molecule has 1 unspecified atom stereocenters. The summed E-state index contributed by atoms with van der Waals surface area (Å²) in [4.78, 5) is 11.4. The molecule has 4 heteroatoms. The van der Waals surface area contributed by atoms with Gasteiger partial charge in [0.1, 0.15) is 0 Å². The van der Waals surface area contributed by atoms with Crippen molar-refractivity contribution in [1.82, 2.24) is 0 Å². The first-order chi connectivity index (χ1) is 8.70. The van der Waals surface area contributed by atoms with Crippen molar-refractivity contribution >= 4 is 37.8 Å². The van der Waals surface area contributed by atoms with Crippen molar-refractivity contribution in [3.05, 3.63) is 12.7 Å². The van der Waals surface area contributed by atoms with E-state index in [1.807, 2.05) is 0 Å². The first-order valence-corrected chi connectivity index (χ1v) is 8.73. The van der Waals surface area contributed by atoms with Crippen LogP contribution < -0.4 is 0 Å². The molecule has 0 aromatic rings. The molecule has 0 saturated heterocycles. The molecule has 0 aromatic heterocycles. The van der Waals surface area contributed by atoms with Crippen LogP contribution in [0.2, 0.25) is 0 Å². The Balaban J connectivity index is 3.07. The van der Waals surface area contributed by atoms with Gasteiger partial charge < -0.3 is 4.74 Å². The molecule has 0 amide bonds. The van der Waals surface area contributed by atoms with Gasteiger partial charge in [-0.25, -0.2) is 4.79 Å². The first-order valence-electron chi connectivity index (χ1n) is 6.70. The average Bonchev–Trinajstić information content (AvgIpc) is 2.40. The molecule has 0 bridgehead atoms. The van der Waals surface area contributed by atoms with Crippen molar-refractivity contribution in [3.63, 3.8) is 0 Å². The summed E-state index contributed by atoms with van der Waals surface area (Å²) >= 11 is 7.07. The Labute approximate surface area is 128 Å². The molecule has 18 heavy (non-hydrogen) atoms. The normalized spacial score (nSPS) is 12.1. The summed E-state index contributed by atoms with van der Waals surface area (Å²) in [6.45, 7) is 3.88. The number of rotatable bonds is 12. The highest BCUT2D eigenvalue weighted by Crippen LogP contribution is 2.15. The van der Waals surface area contributed by atoms with Gasteiger partial charge >= 0.3 is 5.97 Å². The van der Waals surface area contributed by atoms with E-state index in [4.69, 9.17) is 4.74 Å². The number of unbranched alkanes of at least 4 members (excludes halogenated alkanes) is 6. The van der Waals surface area contributed by atoms with Crippen LogP contribution in [0.3, 0.4) is 0 Å². The summed E-state index contributed by atoms with van der Waals surface area (Å²) in [6.07, 6.45) is 11.0. The van der Waals surface area contributed by atoms with E-state index in [2.05, 4.69) is 38.4 Å². The van der Waals surface area contributed by atoms with Gasteiger partial charge in [-0.15, -0.1) is 0 Å². The lowest BCUT2D eigenvalue weighted by molar-refractivity contribution is -0.137. The molecule has 0 aliphatic heterocycles. The fraction of sp³-hybridized carbons (Fsp3) is 0.786. The minimum Gasteiger partial charge on any atom is -0.463 e. The van der Waals surface area contributed by atoms with E-state index < -0.39 is 0 Å². The number of hydrogen-bond donors (Lipinski definition) is 0. The summed E-state index contributed by atoms with van der Waals surface area (Å²) in [5, 5.41) is 1.04. The molecule has 0 aliphatic carbocycles. The van der Waals surface area contributed by atoms with Crippen LogP contribution in [0.25, 0.3) is 0 Å². The number of halogens is 2. The second-order valence-corrected chi connectivity index (χ2v) is 6.33. The van der Waals surface area contributed by atoms with Gasteiger partial charge in [-0.05, 0) is 12.8 Å². The zero-order chi connectivity index (χ0) is 13.6. The Kier molecular flexibility index (Phi) is 13.7. The molecule has 0 saturated carbocycles. The topological polar surface area (TPSA) is 26.3 Å². The highest BCUT2D eigenvalue weighted by atomic mass is 79.9. The molecule has 0 spiro atoms. The van der Waals surface area contributed by atoms with Crippen molar-refractivity contribution in [1.29, 1.82) is 0 Å². The molecule has 106 valence electrons. The van der Waals surface area contributed by atoms with E-state index in [0.717, 1.165) is 18.2 Å². The number of carbonyl (C=O) groups is 1. The summed E-state index contributed by atoms with van der Waals surface area (Å²) in [5.41, 5.74) is 0. The minimum absolute atomic E-state index is 0.314. The van der Waals surface area contributed by atoms with Crippen LogP contribution in [0.1, 0.15) is 51.4 Å². The molecule has 0 heterocycles. The van der Waals surface area contributed by atoms with E-state index >= 15 is 0 Å². The van der Waals surface area contributed by atoms with Gasteiger partial charge in [-0.3, -0.25) is 0 Å². The number of carbonyl (C=O) groups excluding carboxylic acids is 1. The van der Waals surface area contributed by atoms with Crippen LogP contribution >= 0.6 is 31.9 Å². The lowest BCUT2D eigenvalue weighted by atomic mass is 10.1. The van der Waals surface area contributed by atoms with Crippen LogP contribution in [-0.2, 0) is 9.53 Å². The Morgan fingerprint density at radius 2 is 1.67 bits per heavy atom. The monoisotopic (exact) mass is 382 g/mol. The maximum Gasteiger partial charge on any atom is 0.330 e. The van der Waals surface area contributed by atoms with Gasteiger partial charge in [0, 0.05) is 16.2 Å². The van der Waals surface area contributed by atoms with E-state index in [1.165, 1.54) is 44.6 Å². The number of hydrogen-bond acceptors (Lipinski definition) is 2. The molecule has 0 rings (SSSR count). The zero-order valence-corrected chi connectivity index (χ0v) is 14.2. The molecule has 0 N–H and O–H groups in total. The summed E-state index contributed by atoms with van der Waals surface area (Å²) in [7, 11) is 0. The van der Waals surface area contributed by atoms with Crippen LogP contribution in [0.5, 0.6) is 0 Å². The minimum atomic E-state index is -0.314. The van der Waals surface area contributed by atoms with Crippen molar-refractivity contribution in [2.24, 2.45) is 0 Å². The second kappa shape index (κ2) is 13.6. The molecule has 0 fully saturated rings. The summed E-state index contributed by atoms with van der Waals surface area (Å²) < 4.78 is 4.91. The molecule has 0 aromatic carbocycles. The SMILES string of the molecule is C=CC(=O)OCCCCCCCCCC(Br)CBr. The smallest absolute Gasteiger partial charge is 0.330 e. The number of esters is 1. The van der Waals surface area contributed by atoms with E-state index in [0.29, 0.717) is 11.4 Å². The fourth-order valence-corrected chi connectivity index (χ4v) is 2.31. The Morgan fingerprint density at radius 3 is 2.22 bits per heavy atom. The van der Waals surface area contributed by atoms with Gasteiger partial charge in [-0.2, -0.15) is 0 Å². The highest BCUT2D eigenvalue weighted by Gasteiger charge is 2.00. The van der Waals surface area contributed by atoms with Crippen molar-refractivity contribution in [3.8, 4) is 0 Å². The molecular formula is C14H24Br2O2. The van der Waals surface area contributed by atoms with Gasteiger partial charge in [0.15, 0.2) is 0 Å². The molecule has 0 radical (unpaired) electrons. The standard InChI is InChI=1S/C14H24Br2O2/c1-2-14(17)18-11-9-7-5-3-4-6-8-10-13(16)12-15/h2,13H,1,3-12H2. The van der Waals surface area contributed by atoms with Gasteiger partial charge in [-0.1, -0.05) is 77.0 Å². The van der Waals surface area contributed by atoms with Gasteiger partial charge in [0.25, 0.3) is 0 Å². The fourth-order valence-electron chi connectivity index (χ4n) is 1.66. The second-order valence-electron chi connectivity index (χ2n) is 4.39. The first kappa shape index (κ1) is 18.2. The maximum absolute atomic E-state index is 10.8. The van der Waals surface area contributed by atoms with Crippen LogP contribution in [0, 0.1) is 0 Å². The largest absolute Gasteiger partial charge is 0.463 e. The highest BCUT2D eigenvalue weighted by molar-refractivity contribution is 9.12. The lowest BCUT2D eigenvalue weighted by Gasteiger charge is -2.05. The summed E-state index contributed by atoms with van der Waals surface area (Å²) in [6, 6.07) is 0. The van der Waals surface area contributed by atoms with Crippen LogP contribution in [0.15, 0.2) is 12.7 Å². The third-order valence-electron chi connectivity index (χ3n) is 2.74.